The fourth-order valence-corrected chi connectivity index (χ4v) is 2.03. The molecule has 1 aromatic carbocycles. The molecule has 7 nitrogen and oxygen atoms in total. The number of rotatable bonds is 2. The van der Waals surface area contributed by atoms with E-state index in [-0.39, 0.29) is 5.95 Å². The van der Waals surface area contributed by atoms with Crippen LogP contribution >= 0.6 is 0 Å². The Morgan fingerprint density at radius 3 is 2.48 bits per heavy atom. The van der Waals surface area contributed by atoms with Crippen LogP contribution < -0.4 is 5.73 Å². The van der Waals surface area contributed by atoms with E-state index >= 15 is 0 Å². The summed E-state index contributed by atoms with van der Waals surface area (Å²) in [7, 11) is 0. The summed E-state index contributed by atoms with van der Waals surface area (Å²) >= 11 is 0. The van der Waals surface area contributed by atoms with Crippen LogP contribution in [0.5, 0.6) is 0 Å². The number of nitrogens with two attached hydrogens (primary N) is 1. The van der Waals surface area contributed by atoms with Crippen LogP contribution in [0, 0.1) is 0 Å². The molecule has 0 fully saturated rings. The van der Waals surface area contributed by atoms with Gasteiger partial charge in [-0.3, -0.25) is 0 Å². The molecule has 0 aliphatic rings. The first-order chi connectivity index (χ1) is 10.3. The van der Waals surface area contributed by atoms with Gasteiger partial charge in [0.15, 0.2) is 11.6 Å². The number of fused-ring (bicyclic) bond motifs is 1. The molecule has 0 spiro atoms. The Morgan fingerprint density at radius 1 is 0.905 bits per heavy atom. The SMILES string of the molecule is Nc1nc(-c2ccccc2)nc2nc(-c3ccco3)nn12. The van der Waals surface area contributed by atoms with Crippen LogP contribution in [0.4, 0.5) is 5.95 Å². The van der Waals surface area contributed by atoms with Crippen LogP contribution in [0.2, 0.25) is 0 Å². The first-order valence-electron chi connectivity index (χ1n) is 6.31. The Labute approximate surface area is 119 Å². The first kappa shape index (κ1) is 11.6. The van der Waals surface area contributed by atoms with E-state index in [4.69, 9.17) is 10.2 Å². The molecule has 0 amide bonds. The fraction of sp³-hybridized carbons (Fsp3) is 0. The van der Waals surface area contributed by atoms with Crippen molar-refractivity contribution in [1.29, 1.82) is 0 Å². The van der Waals surface area contributed by atoms with E-state index < -0.39 is 0 Å². The van der Waals surface area contributed by atoms with Crippen molar-refractivity contribution in [3.8, 4) is 23.0 Å². The van der Waals surface area contributed by atoms with Crippen LogP contribution in [-0.4, -0.2) is 24.6 Å². The zero-order valence-electron chi connectivity index (χ0n) is 10.8. The number of anilines is 1. The van der Waals surface area contributed by atoms with Gasteiger partial charge in [0.25, 0.3) is 5.78 Å². The minimum atomic E-state index is 0.226. The molecule has 0 aliphatic heterocycles. The summed E-state index contributed by atoms with van der Waals surface area (Å²) in [4.78, 5) is 13.0. The molecule has 0 atom stereocenters. The maximum atomic E-state index is 5.94. The highest BCUT2D eigenvalue weighted by atomic mass is 16.3. The van der Waals surface area contributed by atoms with Gasteiger partial charge in [-0.05, 0) is 12.1 Å². The Hall–Kier alpha value is -3.22. The Morgan fingerprint density at radius 2 is 1.71 bits per heavy atom. The molecule has 0 bridgehead atoms. The van der Waals surface area contributed by atoms with Gasteiger partial charge in [0, 0.05) is 5.56 Å². The Kier molecular flexibility index (Phi) is 2.43. The highest BCUT2D eigenvalue weighted by Crippen LogP contribution is 2.20. The minimum Gasteiger partial charge on any atom is -0.461 e. The topological polar surface area (TPSA) is 95.1 Å². The lowest BCUT2D eigenvalue weighted by atomic mass is 10.2. The normalized spacial score (nSPS) is 11.0. The number of furan rings is 1. The number of aromatic nitrogens is 5. The molecule has 0 saturated carbocycles. The van der Waals surface area contributed by atoms with Gasteiger partial charge in [0.2, 0.25) is 11.8 Å². The largest absolute Gasteiger partial charge is 0.461 e. The number of nitrogen functional groups attached to an aromatic ring is 1. The quantitative estimate of drug-likeness (QED) is 0.602. The Balaban J connectivity index is 1.90. The smallest absolute Gasteiger partial charge is 0.258 e. The van der Waals surface area contributed by atoms with Gasteiger partial charge in [-0.2, -0.15) is 19.5 Å². The van der Waals surface area contributed by atoms with Crippen molar-refractivity contribution in [2.45, 2.75) is 0 Å². The van der Waals surface area contributed by atoms with Gasteiger partial charge in [0.1, 0.15) is 0 Å². The summed E-state index contributed by atoms with van der Waals surface area (Å²) in [5.41, 5.74) is 6.81. The molecular formula is C14H10N6O. The van der Waals surface area contributed by atoms with E-state index in [0.717, 1.165) is 5.56 Å². The molecule has 4 rings (SSSR count). The van der Waals surface area contributed by atoms with E-state index in [1.54, 1.807) is 18.4 Å². The van der Waals surface area contributed by atoms with Gasteiger partial charge in [-0.15, -0.1) is 5.10 Å². The van der Waals surface area contributed by atoms with E-state index in [1.807, 2.05) is 30.3 Å². The zero-order chi connectivity index (χ0) is 14.2. The molecule has 0 saturated heterocycles. The summed E-state index contributed by atoms with van der Waals surface area (Å²) in [6, 6.07) is 13.1. The van der Waals surface area contributed by atoms with E-state index in [0.29, 0.717) is 23.2 Å². The average molecular weight is 278 g/mol. The van der Waals surface area contributed by atoms with Crippen LogP contribution in [0.3, 0.4) is 0 Å². The van der Waals surface area contributed by atoms with Gasteiger partial charge in [-0.25, -0.2) is 0 Å². The molecular weight excluding hydrogens is 268 g/mol. The minimum absolute atomic E-state index is 0.226. The van der Waals surface area contributed by atoms with Crippen molar-refractivity contribution in [3.05, 3.63) is 48.7 Å². The Bertz CT molecular complexity index is 898. The molecule has 2 N–H and O–H groups in total. The van der Waals surface area contributed by atoms with Crippen LogP contribution in [-0.2, 0) is 0 Å². The fourth-order valence-electron chi connectivity index (χ4n) is 2.03. The van der Waals surface area contributed by atoms with Crippen molar-refractivity contribution in [3.63, 3.8) is 0 Å². The second-order valence-corrected chi connectivity index (χ2v) is 4.40. The standard InChI is InChI=1S/C14H10N6O/c15-13-16-11(9-5-2-1-3-6-9)17-14-18-12(19-20(13)14)10-7-4-8-21-10/h1-8H,(H2,15,16,17,18,19). The maximum Gasteiger partial charge on any atom is 0.258 e. The molecule has 4 aromatic rings. The van der Waals surface area contributed by atoms with Crippen molar-refractivity contribution in [1.82, 2.24) is 24.6 Å². The number of hydrogen-bond donors (Lipinski definition) is 1. The predicted octanol–water partition coefficient (Wildman–Crippen LogP) is 2.03. The monoisotopic (exact) mass is 278 g/mol. The molecule has 0 radical (unpaired) electrons. The van der Waals surface area contributed by atoms with E-state index in [1.165, 1.54) is 4.52 Å². The molecule has 21 heavy (non-hydrogen) atoms. The van der Waals surface area contributed by atoms with E-state index in [9.17, 15) is 0 Å². The third-order valence-electron chi connectivity index (χ3n) is 3.01. The summed E-state index contributed by atoms with van der Waals surface area (Å²) in [6.07, 6.45) is 1.56. The molecule has 102 valence electrons. The number of nitrogens with zero attached hydrogens (tertiary/aromatic N) is 5. The van der Waals surface area contributed by atoms with Gasteiger partial charge in [-0.1, -0.05) is 30.3 Å². The van der Waals surface area contributed by atoms with Crippen LogP contribution in [0.1, 0.15) is 0 Å². The third-order valence-corrected chi connectivity index (χ3v) is 3.01. The maximum absolute atomic E-state index is 5.94. The average Bonchev–Trinajstić information content (AvgIpc) is 3.17. The van der Waals surface area contributed by atoms with Crippen LogP contribution in [0.25, 0.3) is 28.8 Å². The third kappa shape index (κ3) is 1.91. The van der Waals surface area contributed by atoms with Crippen molar-refractivity contribution < 1.29 is 4.42 Å². The van der Waals surface area contributed by atoms with E-state index in [2.05, 4.69) is 20.1 Å². The summed E-state index contributed by atoms with van der Waals surface area (Å²) in [6.45, 7) is 0. The van der Waals surface area contributed by atoms with Crippen molar-refractivity contribution >= 4 is 11.7 Å². The summed E-state index contributed by atoms with van der Waals surface area (Å²) < 4.78 is 6.67. The van der Waals surface area contributed by atoms with Gasteiger partial charge < -0.3 is 10.2 Å². The molecule has 7 heteroatoms. The lowest BCUT2D eigenvalue weighted by Crippen LogP contribution is -2.05. The second-order valence-electron chi connectivity index (χ2n) is 4.40. The van der Waals surface area contributed by atoms with Gasteiger partial charge in [0.05, 0.1) is 6.26 Å². The molecule has 0 unspecified atom stereocenters. The second kappa shape index (κ2) is 4.41. The van der Waals surface area contributed by atoms with Gasteiger partial charge >= 0.3 is 0 Å². The predicted molar refractivity (Wildman–Crippen MR) is 76.1 cm³/mol. The molecule has 3 aromatic heterocycles. The highest BCUT2D eigenvalue weighted by Gasteiger charge is 2.14. The summed E-state index contributed by atoms with van der Waals surface area (Å²) in [5, 5.41) is 4.25. The lowest BCUT2D eigenvalue weighted by molar-refractivity contribution is 0.577. The van der Waals surface area contributed by atoms with Crippen LogP contribution in [0.15, 0.2) is 53.1 Å². The molecule has 0 aliphatic carbocycles. The summed E-state index contributed by atoms with van der Waals surface area (Å²) in [5.74, 6) is 2.10. The number of hydrogen-bond acceptors (Lipinski definition) is 6. The lowest BCUT2D eigenvalue weighted by Gasteiger charge is -2.01. The zero-order valence-corrected chi connectivity index (χ0v) is 10.8. The van der Waals surface area contributed by atoms with Crippen molar-refractivity contribution in [2.75, 3.05) is 5.73 Å². The van der Waals surface area contributed by atoms with Crippen molar-refractivity contribution in [2.24, 2.45) is 0 Å². The number of benzene rings is 1. The molecule has 3 heterocycles. The first-order valence-corrected chi connectivity index (χ1v) is 6.31. The highest BCUT2D eigenvalue weighted by molar-refractivity contribution is 5.59.